The summed E-state index contributed by atoms with van der Waals surface area (Å²) in [6.45, 7) is 0. The predicted molar refractivity (Wildman–Crippen MR) is 113 cm³/mol. The normalized spacial score (nSPS) is 15.1. The molecular formula is C18H18N2O4S3. The number of ether oxygens (including phenoxy) is 1. The number of allylic oxidation sites excluding steroid dienone is 1. The highest BCUT2D eigenvalue weighted by atomic mass is 32.2. The largest absolute Gasteiger partial charge is 0.497 e. The van der Waals surface area contributed by atoms with Crippen molar-refractivity contribution in [2.45, 2.75) is 12.5 Å². The Kier molecular flexibility index (Phi) is 6.03. The molecule has 1 aromatic carbocycles. The fraction of sp³-hybridized carbons (Fsp3) is 0.278. The lowest BCUT2D eigenvalue weighted by Crippen LogP contribution is -2.19. The zero-order chi connectivity index (χ0) is 19.6. The number of hydrogen-bond donors (Lipinski definition) is 2. The van der Waals surface area contributed by atoms with Crippen molar-refractivity contribution in [3.63, 3.8) is 0 Å². The maximum absolute atomic E-state index is 11.7. The van der Waals surface area contributed by atoms with Gasteiger partial charge in [0, 0.05) is 23.4 Å². The first kappa shape index (κ1) is 19.7. The first-order chi connectivity index (χ1) is 13.0. The maximum atomic E-state index is 11.7. The second-order valence-corrected chi connectivity index (χ2v) is 8.46. The van der Waals surface area contributed by atoms with Gasteiger partial charge in [0.1, 0.15) is 11.8 Å². The van der Waals surface area contributed by atoms with Gasteiger partial charge in [-0.2, -0.15) is 11.8 Å². The molecule has 0 radical (unpaired) electrons. The van der Waals surface area contributed by atoms with E-state index < -0.39 is 12.0 Å². The van der Waals surface area contributed by atoms with Crippen molar-refractivity contribution in [2.75, 3.05) is 19.1 Å². The van der Waals surface area contributed by atoms with Gasteiger partial charge in [-0.05, 0) is 48.9 Å². The lowest BCUT2D eigenvalue weighted by Gasteiger charge is -2.14. The highest BCUT2D eigenvalue weighted by Crippen LogP contribution is 2.38. The van der Waals surface area contributed by atoms with Crippen LogP contribution in [0, 0.1) is 3.95 Å². The third-order valence-electron chi connectivity index (χ3n) is 4.18. The minimum absolute atomic E-state index is 0.124. The summed E-state index contributed by atoms with van der Waals surface area (Å²) in [6.07, 6.45) is 5.78. The molecule has 1 atom stereocenters. The summed E-state index contributed by atoms with van der Waals surface area (Å²) in [5, 5.41) is 20.2. The topological polar surface area (TPSA) is 84.1 Å². The molecule has 2 N–H and O–H groups in total. The number of rotatable bonds is 7. The molecule has 0 aliphatic carbocycles. The van der Waals surface area contributed by atoms with Crippen molar-refractivity contribution in [1.29, 1.82) is 0 Å². The quantitative estimate of drug-likeness (QED) is 0.633. The van der Waals surface area contributed by atoms with E-state index in [0.717, 1.165) is 22.6 Å². The summed E-state index contributed by atoms with van der Waals surface area (Å²) in [5.41, 5.74) is 2.52. The molecule has 0 bridgehead atoms. The second-order valence-electron chi connectivity index (χ2n) is 5.80. The number of carboxylic acid groups (broad SMARTS) is 1. The average Bonchev–Trinajstić information content (AvgIpc) is 3.17. The number of methoxy groups -OCH3 is 1. The Morgan fingerprint density at radius 2 is 2.30 bits per heavy atom. The number of thioether (sulfide) groups is 1. The Labute approximate surface area is 169 Å². The molecule has 0 saturated carbocycles. The molecule has 3 rings (SSSR count). The molecule has 9 heteroatoms. The van der Waals surface area contributed by atoms with Gasteiger partial charge in [-0.3, -0.25) is 9.56 Å². The van der Waals surface area contributed by atoms with Crippen LogP contribution in [0.4, 0.5) is 5.69 Å². The third kappa shape index (κ3) is 3.95. The van der Waals surface area contributed by atoms with E-state index in [0.29, 0.717) is 21.0 Å². The Balaban J connectivity index is 1.99. The molecule has 142 valence electrons. The number of hydrogen-bond acceptors (Lipinski definition) is 7. The van der Waals surface area contributed by atoms with Crippen molar-refractivity contribution in [1.82, 2.24) is 4.57 Å². The molecule has 0 saturated heterocycles. The van der Waals surface area contributed by atoms with Crippen LogP contribution in [0.1, 0.15) is 22.9 Å². The molecular weight excluding hydrogens is 404 g/mol. The summed E-state index contributed by atoms with van der Waals surface area (Å²) in [4.78, 5) is 16.5. The Bertz CT molecular complexity index is 991. The van der Waals surface area contributed by atoms with Crippen LogP contribution in [0.2, 0.25) is 0 Å². The highest BCUT2D eigenvalue weighted by Gasteiger charge is 2.25. The number of benzene rings is 1. The number of aromatic nitrogens is 1. The van der Waals surface area contributed by atoms with E-state index in [2.05, 4.69) is 4.99 Å². The summed E-state index contributed by atoms with van der Waals surface area (Å²) in [7, 11) is 1.60. The molecule has 0 fully saturated rings. The van der Waals surface area contributed by atoms with Gasteiger partial charge in [0.2, 0.25) is 5.88 Å². The number of aromatic hydroxyl groups is 1. The number of carbonyl (C=O) groups is 1. The number of thiazole rings is 1. The number of aliphatic imine (C=N–C) groups is 1. The van der Waals surface area contributed by atoms with Crippen LogP contribution in [-0.2, 0) is 4.79 Å². The lowest BCUT2D eigenvalue weighted by atomic mass is 10.1. The fourth-order valence-electron chi connectivity index (χ4n) is 2.81. The average molecular weight is 423 g/mol. The fourth-order valence-corrected chi connectivity index (χ4v) is 4.63. The molecule has 27 heavy (non-hydrogen) atoms. The second kappa shape index (κ2) is 8.28. The lowest BCUT2D eigenvalue weighted by molar-refractivity contribution is -0.141. The van der Waals surface area contributed by atoms with Crippen LogP contribution in [0.3, 0.4) is 0 Å². The van der Waals surface area contributed by atoms with E-state index in [1.165, 1.54) is 15.9 Å². The standard InChI is InChI=1S/C18H18N2O4S3/c1-24-11-3-4-12-10(9-19-13(12)8-11)7-15-16(21)20(18(25)27-15)14(17(22)23)5-6-26-2/h3-4,7-9,14,21H,5-6H2,1-2H3,(H,22,23)/t14-/m0/s1. The van der Waals surface area contributed by atoms with Crippen LogP contribution in [-0.4, -0.2) is 46.1 Å². The third-order valence-corrected chi connectivity index (χ3v) is 6.16. The minimum Gasteiger partial charge on any atom is -0.497 e. The van der Waals surface area contributed by atoms with Crippen molar-refractivity contribution in [3.05, 3.63) is 32.6 Å². The van der Waals surface area contributed by atoms with Crippen LogP contribution in [0.25, 0.3) is 11.6 Å². The SMILES string of the molecule is COc1ccc2c(c1)N=CC2=Cc1sc(=S)n([C@@H](CCSC)C(=O)O)c1O. The highest BCUT2D eigenvalue weighted by molar-refractivity contribution is 7.98. The molecule has 2 aromatic rings. The van der Waals surface area contributed by atoms with E-state index in [1.807, 2.05) is 24.5 Å². The number of carboxylic acids is 1. The van der Waals surface area contributed by atoms with Crippen LogP contribution in [0.5, 0.6) is 11.6 Å². The molecule has 1 aromatic heterocycles. The predicted octanol–water partition coefficient (Wildman–Crippen LogP) is 4.63. The Hall–Kier alpha value is -2.10. The number of nitrogens with zero attached hydrogens (tertiary/aromatic N) is 2. The van der Waals surface area contributed by atoms with Gasteiger partial charge in [0.25, 0.3) is 0 Å². The maximum Gasteiger partial charge on any atom is 0.326 e. The number of aliphatic carboxylic acids is 1. The van der Waals surface area contributed by atoms with Crippen molar-refractivity contribution in [2.24, 2.45) is 4.99 Å². The van der Waals surface area contributed by atoms with E-state index in [4.69, 9.17) is 17.0 Å². The summed E-state index contributed by atoms with van der Waals surface area (Å²) in [6, 6.07) is 4.69. The summed E-state index contributed by atoms with van der Waals surface area (Å²) >= 11 is 8.07. The molecule has 0 spiro atoms. The van der Waals surface area contributed by atoms with Gasteiger partial charge < -0.3 is 14.9 Å². The van der Waals surface area contributed by atoms with Gasteiger partial charge in [0.15, 0.2) is 3.95 Å². The first-order valence-electron chi connectivity index (χ1n) is 8.06. The molecule has 6 nitrogen and oxygen atoms in total. The zero-order valence-electron chi connectivity index (χ0n) is 14.7. The van der Waals surface area contributed by atoms with Gasteiger partial charge in [0.05, 0.1) is 17.7 Å². The molecule has 1 aliphatic rings. The molecule has 1 aliphatic heterocycles. The Morgan fingerprint density at radius 3 is 2.96 bits per heavy atom. The van der Waals surface area contributed by atoms with E-state index in [-0.39, 0.29) is 5.88 Å². The monoisotopic (exact) mass is 422 g/mol. The molecule has 2 heterocycles. The van der Waals surface area contributed by atoms with E-state index >= 15 is 0 Å². The van der Waals surface area contributed by atoms with Gasteiger partial charge in [-0.15, -0.1) is 11.3 Å². The number of fused-ring (bicyclic) bond motifs is 1. The van der Waals surface area contributed by atoms with Crippen molar-refractivity contribution >= 4 is 64.8 Å². The minimum atomic E-state index is -1.01. The van der Waals surface area contributed by atoms with Crippen LogP contribution >= 0.6 is 35.3 Å². The smallest absolute Gasteiger partial charge is 0.326 e. The van der Waals surface area contributed by atoms with Crippen LogP contribution in [0.15, 0.2) is 23.2 Å². The van der Waals surface area contributed by atoms with Gasteiger partial charge in [-0.1, -0.05) is 0 Å². The summed E-state index contributed by atoms with van der Waals surface area (Å²) in [5.74, 6) is 0.246. The molecule has 0 unspecified atom stereocenters. The van der Waals surface area contributed by atoms with Gasteiger partial charge >= 0.3 is 5.97 Å². The van der Waals surface area contributed by atoms with Crippen molar-refractivity contribution in [3.8, 4) is 11.6 Å². The Morgan fingerprint density at radius 1 is 1.52 bits per heavy atom. The zero-order valence-corrected chi connectivity index (χ0v) is 17.2. The first-order valence-corrected chi connectivity index (χ1v) is 10.7. The van der Waals surface area contributed by atoms with E-state index in [1.54, 1.807) is 31.2 Å². The van der Waals surface area contributed by atoms with Crippen LogP contribution < -0.4 is 4.74 Å². The summed E-state index contributed by atoms with van der Waals surface area (Å²) < 4.78 is 6.86. The van der Waals surface area contributed by atoms with Gasteiger partial charge in [-0.25, -0.2) is 4.79 Å². The van der Waals surface area contributed by atoms with Crippen molar-refractivity contribution < 1.29 is 19.7 Å². The molecule has 0 amide bonds. The van der Waals surface area contributed by atoms with E-state index in [9.17, 15) is 15.0 Å².